The summed E-state index contributed by atoms with van der Waals surface area (Å²) >= 11 is 0. The Bertz CT molecular complexity index is 509. The van der Waals surface area contributed by atoms with E-state index in [0.717, 1.165) is 25.9 Å². The van der Waals surface area contributed by atoms with Crippen molar-refractivity contribution in [2.75, 3.05) is 13.1 Å². The lowest BCUT2D eigenvalue weighted by molar-refractivity contribution is -0.152. The van der Waals surface area contributed by atoms with E-state index in [9.17, 15) is 9.90 Å². The molecule has 1 aromatic heterocycles. The van der Waals surface area contributed by atoms with Gasteiger partial charge in [-0.2, -0.15) is 0 Å². The highest BCUT2D eigenvalue weighted by atomic mass is 16.4. The summed E-state index contributed by atoms with van der Waals surface area (Å²) < 4.78 is 0. The molecule has 0 aliphatic carbocycles. The predicted octanol–water partition coefficient (Wildman–Crippen LogP) is 3.10. The van der Waals surface area contributed by atoms with Crippen molar-refractivity contribution >= 4 is 5.97 Å². The first-order valence-electron chi connectivity index (χ1n) is 7.50. The molecule has 1 atom stereocenters. The fraction of sp³-hybridized carbons (Fsp3) is 0.529. The molecule has 0 unspecified atom stereocenters. The van der Waals surface area contributed by atoms with Crippen LogP contribution in [0, 0.1) is 5.41 Å². The maximum absolute atomic E-state index is 11.8. The van der Waals surface area contributed by atoms with E-state index in [2.05, 4.69) is 16.0 Å². The molecule has 0 saturated carbocycles. The highest BCUT2D eigenvalue weighted by Gasteiger charge is 2.41. The van der Waals surface area contributed by atoms with Gasteiger partial charge in [-0.15, -0.1) is 0 Å². The van der Waals surface area contributed by atoms with Crippen LogP contribution in [0.15, 0.2) is 36.2 Å². The first-order chi connectivity index (χ1) is 10.0. The van der Waals surface area contributed by atoms with E-state index >= 15 is 0 Å². The number of nitrogens with zero attached hydrogens (tertiary/aromatic N) is 2. The number of allylic oxidation sites excluding steroid dienone is 2. The number of aromatic nitrogens is 1. The van der Waals surface area contributed by atoms with E-state index in [1.807, 2.05) is 26.0 Å². The molecule has 0 radical (unpaired) electrons. The summed E-state index contributed by atoms with van der Waals surface area (Å²) in [5.41, 5.74) is 1.73. The van der Waals surface area contributed by atoms with Gasteiger partial charge in [-0.25, -0.2) is 0 Å². The zero-order valence-corrected chi connectivity index (χ0v) is 12.9. The SMILES string of the molecule is CC(C)=CC[C@@]1(C(=O)O)CCCN(Cc2ccncc2)C1. The Morgan fingerprint density at radius 2 is 2.14 bits per heavy atom. The molecule has 2 heterocycles. The van der Waals surface area contributed by atoms with Crippen LogP contribution in [0.4, 0.5) is 0 Å². The van der Waals surface area contributed by atoms with Crippen molar-refractivity contribution in [3.8, 4) is 0 Å². The minimum Gasteiger partial charge on any atom is -0.481 e. The summed E-state index contributed by atoms with van der Waals surface area (Å²) in [6.07, 6.45) is 7.95. The number of rotatable bonds is 5. The molecule has 1 aliphatic heterocycles. The zero-order valence-electron chi connectivity index (χ0n) is 12.9. The van der Waals surface area contributed by atoms with E-state index in [4.69, 9.17) is 0 Å². The summed E-state index contributed by atoms with van der Waals surface area (Å²) in [6, 6.07) is 3.99. The van der Waals surface area contributed by atoms with Gasteiger partial charge in [0, 0.05) is 25.5 Å². The van der Waals surface area contributed by atoms with Crippen LogP contribution in [0.25, 0.3) is 0 Å². The van der Waals surface area contributed by atoms with Crippen molar-refractivity contribution in [1.82, 2.24) is 9.88 Å². The third-order valence-electron chi connectivity index (χ3n) is 4.17. The average molecular weight is 288 g/mol. The molecule has 2 rings (SSSR count). The Morgan fingerprint density at radius 1 is 1.43 bits per heavy atom. The van der Waals surface area contributed by atoms with Crippen molar-refractivity contribution < 1.29 is 9.90 Å². The Kier molecular flexibility index (Phi) is 5.12. The van der Waals surface area contributed by atoms with E-state index in [1.165, 1.54) is 11.1 Å². The molecule has 4 nitrogen and oxygen atoms in total. The second-order valence-corrected chi connectivity index (χ2v) is 6.24. The van der Waals surface area contributed by atoms with Crippen LogP contribution in [0.3, 0.4) is 0 Å². The average Bonchev–Trinajstić information content (AvgIpc) is 2.46. The summed E-state index contributed by atoms with van der Waals surface area (Å²) in [4.78, 5) is 18.1. The van der Waals surface area contributed by atoms with Crippen molar-refractivity contribution in [3.05, 3.63) is 41.7 Å². The van der Waals surface area contributed by atoms with Gasteiger partial charge >= 0.3 is 5.97 Å². The Labute approximate surface area is 126 Å². The highest BCUT2D eigenvalue weighted by molar-refractivity contribution is 5.75. The van der Waals surface area contributed by atoms with E-state index in [1.54, 1.807) is 12.4 Å². The molecule has 4 heteroatoms. The van der Waals surface area contributed by atoms with Crippen molar-refractivity contribution in [3.63, 3.8) is 0 Å². The standard InChI is InChI=1S/C17H24N2O2/c1-14(2)4-8-17(16(20)21)7-3-11-19(13-17)12-15-5-9-18-10-6-15/h4-6,9-10H,3,7-8,11-13H2,1-2H3,(H,20,21)/t17-/m0/s1. The Hall–Kier alpha value is -1.68. The van der Waals surface area contributed by atoms with Crippen LogP contribution < -0.4 is 0 Å². The molecule has 0 bridgehead atoms. The molecule has 0 aromatic carbocycles. The molecule has 1 aliphatic rings. The molecule has 1 aromatic rings. The smallest absolute Gasteiger partial charge is 0.311 e. The molecule has 0 amide bonds. The first-order valence-corrected chi connectivity index (χ1v) is 7.50. The molecule has 1 saturated heterocycles. The normalized spacial score (nSPS) is 22.8. The first kappa shape index (κ1) is 15.7. The number of aliphatic carboxylic acids is 1. The summed E-state index contributed by atoms with van der Waals surface area (Å²) in [6.45, 7) is 6.42. The summed E-state index contributed by atoms with van der Waals surface area (Å²) in [5, 5.41) is 9.72. The van der Waals surface area contributed by atoms with Gasteiger partial charge in [0.25, 0.3) is 0 Å². The van der Waals surface area contributed by atoms with Gasteiger partial charge in [0.2, 0.25) is 0 Å². The predicted molar refractivity (Wildman–Crippen MR) is 82.9 cm³/mol. The van der Waals surface area contributed by atoms with E-state index in [0.29, 0.717) is 13.0 Å². The topological polar surface area (TPSA) is 53.4 Å². The number of hydrogen-bond donors (Lipinski definition) is 1. The van der Waals surface area contributed by atoms with Gasteiger partial charge in [0.05, 0.1) is 5.41 Å². The number of carboxylic acid groups (broad SMARTS) is 1. The molecular formula is C17H24N2O2. The lowest BCUT2D eigenvalue weighted by atomic mass is 9.76. The van der Waals surface area contributed by atoms with Crippen LogP contribution in [0.1, 0.15) is 38.7 Å². The van der Waals surface area contributed by atoms with Gasteiger partial charge < -0.3 is 5.11 Å². The minimum atomic E-state index is -0.667. The van der Waals surface area contributed by atoms with Crippen molar-refractivity contribution in [1.29, 1.82) is 0 Å². The monoisotopic (exact) mass is 288 g/mol. The molecule has 0 spiro atoms. The third kappa shape index (κ3) is 4.14. The number of hydrogen-bond acceptors (Lipinski definition) is 3. The van der Waals surface area contributed by atoms with Gasteiger partial charge in [-0.3, -0.25) is 14.7 Å². The maximum Gasteiger partial charge on any atom is 0.311 e. The zero-order chi connectivity index (χ0) is 15.3. The molecule has 21 heavy (non-hydrogen) atoms. The van der Waals surface area contributed by atoms with E-state index in [-0.39, 0.29) is 0 Å². The van der Waals surface area contributed by atoms with Crippen LogP contribution in [0.5, 0.6) is 0 Å². The number of carboxylic acids is 1. The summed E-state index contributed by atoms with van der Waals surface area (Å²) in [5.74, 6) is -0.667. The van der Waals surface area contributed by atoms with Crippen LogP contribution in [0.2, 0.25) is 0 Å². The largest absolute Gasteiger partial charge is 0.481 e. The fourth-order valence-corrected chi connectivity index (χ4v) is 2.94. The van der Waals surface area contributed by atoms with Crippen molar-refractivity contribution in [2.45, 2.75) is 39.7 Å². The maximum atomic E-state index is 11.8. The molecule has 1 fully saturated rings. The van der Waals surface area contributed by atoms with E-state index < -0.39 is 11.4 Å². The fourth-order valence-electron chi connectivity index (χ4n) is 2.94. The van der Waals surface area contributed by atoms with Gasteiger partial charge in [-0.1, -0.05) is 11.6 Å². The molecular weight excluding hydrogens is 264 g/mol. The Balaban J connectivity index is 2.09. The number of carbonyl (C=O) groups is 1. The summed E-state index contributed by atoms with van der Waals surface area (Å²) in [7, 11) is 0. The highest BCUT2D eigenvalue weighted by Crippen LogP contribution is 2.35. The number of piperidine rings is 1. The second kappa shape index (κ2) is 6.85. The third-order valence-corrected chi connectivity index (χ3v) is 4.17. The quantitative estimate of drug-likeness (QED) is 0.846. The van der Waals surface area contributed by atoms with Gasteiger partial charge in [-0.05, 0) is 57.4 Å². The van der Waals surface area contributed by atoms with Crippen LogP contribution in [-0.2, 0) is 11.3 Å². The van der Waals surface area contributed by atoms with Crippen LogP contribution >= 0.6 is 0 Å². The number of pyridine rings is 1. The van der Waals surface area contributed by atoms with Crippen molar-refractivity contribution in [2.24, 2.45) is 5.41 Å². The van der Waals surface area contributed by atoms with Crippen LogP contribution in [-0.4, -0.2) is 34.0 Å². The van der Waals surface area contributed by atoms with Gasteiger partial charge in [0.1, 0.15) is 0 Å². The second-order valence-electron chi connectivity index (χ2n) is 6.24. The van der Waals surface area contributed by atoms with Gasteiger partial charge in [0.15, 0.2) is 0 Å². The lowest BCUT2D eigenvalue weighted by Gasteiger charge is -2.39. The molecule has 1 N–H and O–H groups in total. The Morgan fingerprint density at radius 3 is 2.76 bits per heavy atom. The minimum absolute atomic E-state index is 0.619. The molecule has 114 valence electrons. The number of likely N-dealkylation sites (tertiary alicyclic amines) is 1. The lowest BCUT2D eigenvalue weighted by Crippen LogP contribution is -2.47.